The van der Waals surface area contributed by atoms with Gasteiger partial charge in [0.2, 0.25) is 11.8 Å². The van der Waals surface area contributed by atoms with Crippen molar-refractivity contribution in [1.82, 2.24) is 9.24 Å². The molecule has 2 aromatic rings. The zero-order valence-electron chi connectivity index (χ0n) is 15.4. The molecular formula is C19H24N4O4. The molecule has 0 saturated carbocycles. The monoisotopic (exact) mass is 372 g/mol. The van der Waals surface area contributed by atoms with Gasteiger partial charge in [0.05, 0.1) is 11.0 Å². The van der Waals surface area contributed by atoms with Crippen LogP contribution in [0.25, 0.3) is 11.0 Å². The summed E-state index contributed by atoms with van der Waals surface area (Å²) >= 11 is 0. The van der Waals surface area contributed by atoms with Crippen molar-refractivity contribution in [2.24, 2.45) is 13.0 Å². The number of amides is 2. The van der Waals surface area contributed by atoms with Gasteiger partial charge in [-0.1, -0.05) is 0 Å². The van der Waals surface area contributed by atoms with Crippen LogP contribution < -0.4 is 15.6 Å². The first-order valence-corrected chi connectivity index (χ1v) is 9.44. The van der Waals surface area contributed by atoms with E-state index >= 15 is 0 Å². The quantitative estimate of drug-likeness (QED) is 0.803. The minimum Gasteiger partial charge on any atom is -0.396 e. The van der Waals surface area contributed by atoms with Gasteiger partial charge in [-0.05, 0) is 43.4 Å². The molecule has 0 bridgehead atoms. The minimum absolute atomic E-state index is 0.224. The smallest absolute Gasteiger partial charge is 0.348 e. The maximum Gasteiger partial charge on any atom is 0.348 e. The molecule has 2 aliphatic heterocycles. The van der Waals surface area contributed by atoms with Crippen molar-refractivity contribution in [3.8, 4) is 0 Å². The number of piperidine rings is 2. The third-order valence-electron chi connectivity index (χ3n) is 5.71. The number of nitrogens with zero attached hydrogens (tertiary/aromatic N) is 4. The third kappa shape index (κ3) is 2.93. The normalized spacial score (nSPS) is 19.3. The molecule has 144 valence electrons. The predicted octanol–water partition coefficient (Wildman–Crippen LogP) is 0.724. The molecule has 0 radical (unpaired) electrons. The van der Waals surface area contributed by atoms with Crippen LogP contribution in [0.4, 0.5) is 5.69 Å². The Labute approximate surface area is 156 Å². The largest absolute Gasteiger partial charge is 0.396 e. The van der Waals surface area contributed by atoms with Gasteiger partial charge in [0.25, 0.3) is 0 Å². The van der Waals surface area contributed by atoms with Crippen molar-refractivity contribution in [2.45, 2.75) is 32.1 Å². The van der Waals surface area contributed by atoms with Crippen molar-refractivity contribution in [1.29, 1.82) is 0 Å². The van der Waals surface area contributed by atoms with E-state index in [0.717, 1.165) is 36.6 Å². The van der Waals surface area contributed by atoms with Crippen LogP contribution in [-0.2, 0) is 16.6 Å². The second-order valence-corrected chi connectivity index (χ2v) is 7.39. The van der Waals surface area contributed by atoms with Gasteiger partial charge in [-0.15, -0.1) is 0 Å². The number of aryl methyl sites for hydroxylation is 1. The molecule has 0 spiro atoms. The summed E-state index contributed by atoms with van der Waals surface area (Å²) < 4.78 is 2.69. The number of rotatable bonds is 3. The van der Waals surface area contributed by atoms with Gasteiger partial charge in [-0.25, -0.2) is 4.79 Å². The number of aromatic nitrogens is 2. The lowest BCUT2D eigenvalue weighted by Crippen LogP contribution is -2.52. The van der Waals surface area contributed by atoms with E-state index in [1.54, 1.807) is 13.1 Å². The first kappa shape index (κ1) is 17.8. The highest BCUT2D eigenvalue weighted by atomic mass is 16.3. The molecule has 27 heavy (non-hydrogen) atoms. The number of carbonyl (C=O) groups is 2. The summed E-state index contributed by atoms with van der Waals surface area (Å²) in [6, 6.07) is 5.67. The summed E-state index contributed by atoms with van der Waals surface area (Å²) in [7, 11) is 1.65. The van der Waals surface area contributed by atoms with Crippen LogP contribution in [0.2, 0.25) is 0 Å². The number of benzene rings is 1. The third-order valence-corrected chi connectivity index (χ3v) is 5.71. The SMILES string of the molecule is Cn1c(=O)n(N2C(=O)CCCC2=O)c2ccc(N3CCC(CO)CC3)cc21. The zero-order valence-corrected chi connectivity index (χ0v) is 15.4. The lowest BCUT2D eigenvalue weighted by atomic mass is 9.97. The van der Waals surface area contributed by atoms with Crippen molar-refractivity contribution in [3.05, 3.63) is 28.7 Å². The van der Waals surface area contributed by atoms with Gasteiger partial charge in [-0.3, -0.25) is 14.2 Å². The van der Waals surface area contributed by atoms with E-state index in [1.165, 1.54) is 9.24 Å². The summed E-state index contributed by atoms with van der Waals surface area (Å²) in [5, 5.41) is 10.3. The van der Waals surface area contributed by atoms with Crippen LogP contribution in [0.3, 0.4) is 0 Å². The predicted molar refractivity (Wildman–Crippen MR) is 101 cm³/mol. The van der Waals surface area contributed by atoms with E-state index in [0.29, 0.717) is 23.4 Å². The van der Waals surface area contributed by atoms with Crippen LogP contribution in [-0.4, -0.2) is 45.9 Å². The molecule has 2 fully saturated rings. The highest BCUT2D eigenvalue weighted by molar-refractivity contribution is 6.11. The van der Waals surface area contributed by atoms with Gasteiger partial charge in [0, 0.05) is 45.3 Å². The second-order valence-electron chi connectivity index (χ2n) is 7.39. The van der Waals surface area contributed by atoms with E-state index in [-0.39, 0.29) is 31.3 Å². The van der Waals surface area contributed by atoms with E-state index in [2.05, 4.69) is 4.90 Å². The standard InChI is InChI=1S/C19H24N4O4/c1-20-16-11-14(21-9-7-13(12-24)8-10-21)5-6-15(16)22(19(20)27)23-17(25)3-2-4-18(23)26/h5-6,11,13,24H,2-4,7-10,12H2,1H3. The Bertz CT molecular complexity index is 937. The second kappa shape index (κ2) is 6.84. The van der Waals surface area contributed by atoms with E-state index < -0.39 is 5.69 Å². The van der Waals surface area contributed by atoms with Crippen molar-refractivity contribution >= 4 is 28.5 Å². The number of aliphatic hydroxyl groups excluding tert-OH is 1. The molecular weight excluding hydrogens is 348 g/mol. The van der Waals surface area contributed by atoms with Gasteiger partial charge >= 0.3 is 5.69 Å². The summed E-state index contributed by atoms with van der Waals surface area (Å²) in [5.41, 5.74) is 1.85. The Kier molecular flexibility index (Phi) is 4.51. The molecule has 0 atom stereocenters. The topological polar surface area (TPSA) is 87.8 Å². The molecule has 2 aliphatic rings. The van der Waals surface area contributed by atoms with Crippen LogP contribution in [0.1, 0.15) is 32.1 Å². The first-order chi connectivity index (χ1) is 13.0. The molecule has 2 amide bonds. The van der Waals surface area contributed by atoms with Crippen LogP contribution in [0.15, 0.2) is 23.0 Å². The van der Waals surface area contributed by atoms with Crippen LogP contribution in [0, 0.1) is 5.92 Å². The van der Waals surface area contributed by atoms with Gasteiger partial charge in [0.1, 0.15) is 0 Å². The lowest BCUT2D eigenvalue weighted by molar-refractivity contribution is -0.131. The van der Waals surface area contributed by atoms with Crippen molar-refractivity contribution in [3.63, 3.8) is 0 Å². The van der Waals surface area contributed by atoms with E-state index in [1.807, 2.05) is 12.1 Å². The number of imide groups is 1. The number of hydrogen-bond donors (Lipinski definition) is 1. The molecule has 0 aliphatic carbocycles. The zero-order chi connectivity index (χ0) is 19.1. The van der Waals surface area contributed by atoms with Crippen LogP contribution >= 0.6 is 0 Å². The highest BCUT2D eigenvalue weighted by Gasteiger charge is 2.31. The Morgan fingerprint density at radius 3 is 2.33 bits per heavy atom. The Morgan fingerprint density at radius 2 is 1.70 bits per heavy atom. The Morgan fingerprint density at radius 1 is 1.04 bits per heavy atom. The van der Waals surface area contributed by atoms with Gasteiger partial charge in [0.15, 0.2) is 0 Å². The average Bonchev–Trinajstić information content (AvgIpc) is 2.93. The van der Waals surface area contributed by atoms with Gasteiger partial charge < -0.3 is 10.0 Å². The number of aliphatic hydroxyl groups is 1. The first-order valence-electron chi connectivity index (χ1n) is 9.44. The molecule has 8 nitrogen and oxygen atoms in total. The maximum atomic E-state index is 12.8. The minimum atomic E-state index is -0.398. The Balaban J connectivity index is 1.74. The average molecular weight is 372 g/mol. The lowest BCUT2D eigenvalue weighted by Gasteiger charge is -2.33. The Hall–Kier alpha value is -2.61. The molecule has 4 rings (SSSR count). The molecule has 1 N–H and O–H groups in total. The summed E-state index contributed by atoms with van der Waals surface area (Å²) in [6.45, 7) is 1.94. The highest BCUT2D eigenvalue weighted by Crippen LogP contribution is 2.27. The molecule has 1 aromatic heterocycles. The summed E-state index contributed by atoms with van der Waals surface area (Å²) in [6.07, 6.45) is 2.94. The van der Waals surface area contributed by atoms with Crippen molar-refractivity contribution in [2.75, 3.05) is 29.6 Å². The van der Waals surface area contributed by atoms with E-state index in [4.69, 9.17) is 0 Å². The summed E-state index contributed by atoms with van der Waals surface area (Å²) in [5.74, 6) is -0.321. The van der Waals surface area contributed by atoms with E-state index in [9.17, 15) is 19.5 Å². The number of fused-ring (bicyclic) bond motifs is 1. The fourth-order valence-electron chi connectivity index (χ4n) is 4.04. The number of anilines is 1. The number of carbonyl (C=O) groups excluding carboxylic acids is 2. The number of imidazole rings is 1. The fourth-order valence-corrected chi connectivity index (χ4v) is 4.04. The van der Waals surface area contributed by atoms with Crippen LogP contribution in [0.5, 0.6) is 0 Å². The molecule has 2 saturated heterocycles. The molecule has 8 heteroatoms. The summed E-state index contributed by atoms with van der Waals surface area (Å²) in [4.78, 5) is 39.6. The number of hydrogen-bond acceptors (Lipinski definition) is 5. The molecule has 1 aromatic carbocycles. The fraction of sp³-hybridized carbons (Fsp3) is 0.526. The van der Waals surface area contributed by atoms with Gasteiger partial charge in [-0.2, -0.15) is 9.69 Å². The molecule has 3 heterocycles. The molecule has 0 unspecified atom stereocenters. The van der Waals surface area contributed by atoms with Crippen molar-refractivity contribution < 1.29 is 14.7 Å². The maximum absolute atomic E-state index is 12.8.